The Labute approximate surface area is 162 Å². The lowest BCUT2D eigenvalue weighted by atomic mass is 10.1. The van der Waals surface area contributed by atoms with Gasteiger partial charge in [0.1, 0.15) is 5.82 Å². The first kappa shape index (κ1) is 21.1. The predicted octanol–water partition coefficient (Wildman–Crippen LogP) is 3.38. The average molecular weight is 416 g/mol. The number of halogens is 2. The lowest BCUT2D eigenvalue weighted by Crippen LogP contribution is -2.18. The molecule has 0 saturated heterocycles. The Kier molecular flexibility index (Phi) is 6.80. The molecule has 0 aromatic heterocycles. The molecule has 0 aliphatic heterocycles. The number of carbonyl (C=O) groups excluding carboxylic acids is 1. The Bertz CT molecular complexity index is 947. The smallest absolute Gasteiger partial charge is 0.338 e. The zero-order valence-electron chi connectivity index (χ0n) is 14.7. The van der Waals surface area contributed by atoms with Crippen LogP contribution < -0.4 is 4.72 Å². The standard InChI is InChI=1S/C18H19ClFNO5S/c1-3-26-18(23)12-4-6-16(15(20)10-12)21-27(24,25)17-7-5-14(19)9-13(17)8-11(2)22/h4-7,9-11,21-22H,3,8H2,1-2H3. The molecule has 9 heteroatoms. The summed E-state index contributed by atoms with van der Waals surface area (Å²) in [6.07, 6.45) is -0.737. The molecule has 0 amide bonds. The number of anilines is 1. The Morgan fingerprint density at radius 1 is 1.30 bits per heavy atom. The molecule has 1 unspecified atom stereocenters. The second-order valence-corrected chi connectivity index (χ2v) is 7.91. The number of carbonyl (C=O) groups is 1. The molecular weight excluding hydrogens is 397 g/mol. The SMILES string of the molecule is CCOC(=O)c1ccc(NS(=O)(=O)c2ccc(Cl)cc2CC(C)O)c(F)c1. The topological polar surface area (TPSA) is 92.7 Å². The lowest BCUT2D eigenvalue weighted by Gasteiger charge is -2.14. The largest absolute Gasteiger partial charge is 0.462 e. The number of ether oxygens (including phenoxy) is 1. The Morgan fingerprint density at radius 3 is 2.59 bits per heavy atom. The number of sulfonamides is 1. The van der Waals surface area contributed by atoms with Crippen LogP contribution >= 0.6 is 11.6 Å². The van der Waals surface area contributed by atoms with Crippen molar-refractivity contribution in [1.82, 2.24) is 0 Å². The third kappa shape index (κ3) is 5.41. The molecule has 0 heterocycles. The molecular formula is C18H19ClFNO5S. The van der Waals surface area contributed by atoms with Gasteiger partial charge in [0.05, 0.1) is 28.9 Å². The molecule has 1 atom stereocenters. The summed E-state index contributed by atoms with van der Waals surface area (Å²) in [4.78, 5) is 11.5. The van der Waals surface area contributed by atoms with E-state index in [0.717, 1.165) is 12.1 Å². The second kappa shape index (κ2) is 8.69. The Morgan fingerprint density at radius 2 is 2.00 bits per heavy atom. The maximum atomic E-state index is 14.3. The normalized spacial score (nSPS) is 12.5. The van der Waals surface area contributed by atoms with Crippen LogP contribution in [0.1, 0.15) is 29.8 Å². The summed E-state index contributed by atoms with van der Waals surface area (Å²) in [5.74, 6) is -1.63. The summed E-state index contributed by atoms with van der Waals surface area (Å²) in [7, 11) is -4.15. The Balaban J connectivity index is 2.36. The molecule has 2 aromatic carbocycles. The van der Waals surface area contributed by atoms with Gasteiger partial charge < -0.3 is 9.84 Å². The van der Waals surface area contributed by atoms with E-state index in [1.807, 2.05) is 0 Å². The van der Waals surface area contributed by atoms with Crippen LogP contribution in [0.5, 0.6) is 0 Å². The number of aliphatic hydroxyl groups is 1. The number of hydrogen-bond donors (Lipinski definition) is 2. The Hall–Kier alpha value is -2.16. The van der Waals surface area contributed by atoms with Gasteiger partial charge in [0.25, 0.3) is 10.0 Å². The molecule has 0 radical (unpaired) electrons. The van der Waals surface area contributed by atoms with E-state index < -0.39 is 27.9 Å². The van der Waals surface area contributed by atoms with Crippen LogP contribution in [-0.2, 0) is 21.2 Å². The van der Waals surface area contributed by atoms with E-state index in [9.17, 15) is 22.7 Å². The van der Waals surface area contributed by atoms with Gasteiger partial charge in [-0.25, -0.2) is 17.6 Å². The molecule has 2 rings (SSSR count). The molecule has 0 aliphatic rings. The van der Waals surface area contributed by atoms with E-state index in [-0.39, 0.29) is 29.2 Å². The van der Waals surface area contributed by atoms with E-state index in [2.05, 4.69) is 4.72 Å². The van der Waals surface area contributed by atoms with Crippen LogP contribution in [0.3, 0.4) is 0 Å². The molecule has 2 aromatic rings. The minimum Gasteiger partial charge on any atom is -0.462 e. The molecule has 0 fully saturated rings. The van der Waals surface area contributed by atoms with Gasteiger partial charge in [-0.2, -0.15) is 0 Å². The fourth-order valence-electron chi connectivity index (χ4n) is 2.43. The zero-order valence-corrected chi connectivity index (χ0v) is 16.3. The molecule has 0 saturated carbocycles. The first-order valence-electron chi connectivity index (χ1n) is 8.10. The van der Waals surface area contributed by atoms with Crippen molar-refractivity contribution in [3.63, 3.8) is 0 Å². The van der Waals surface area contributed by atoms with Crippen LogP contribution in [0, 0.1) is 5.82 Å². The summed E-state index contributed by atoms with van der Waals surface area (Å²) in [6.45, 7) is 3.27. The predicted molar refractivity (Wildman–Crippen MR) is 100 cm³/mol. The van der Waals surface area contributed by atoms with Gasteiger partial charge in [-0.05, 0) is 62.2 Å². The van der Waals surface area contributed by atoms with E-state index in [1.165, 1.54) is 31.2 Å². The highest BCUT2D eigenvalue weighted by Crippen LogP contribution is 2.26. The van der Waals surface area contributed by atoms with Crippen molar-refractivity contribution < 1.29 is 27.4 Å². The van der Waals surface area contributed by atoms with Crippen molar-refractivity contribution >= 4 is 33.3 Å². The molecule has 6 nitrogen and oxygen atoms in total. The molecule has 0 bridgehead atoms. The van der Waals surface area contributed by atoms with Crippen LogP contribution in [0.15, 0.2) is 41.3 Å². The molecule has 2 N–H and O–H groups in total. The number of nitrogens with one attached hydrogen (secondary N) is 1. The van der Waals surface area contributed by atoms with Gasteiger partial charge in [0.15, 0.2) is 0 Å². The van der Waals surface area contributed by atoms with Crippen molar-refractivity contribution in [3.05, 3.63) is 58.4 Å². The number of esters is 1. The van der Waals surface area contributed by atoms with Crippen molar-refractivity contribution in [3.8, 4) is 0 Å². The highest BCUT2D eigenvalue weighted by Gasteiger charge is 2.22. The number of hydrogen-bond acceptors (Lipinski definition) is 5. The average Bonchev–Trinajstić information content (AvgIpc) is 2.56. The quantitative estimate of drug-likeness (QED) is 0.676. The molecule has 146 valence electrons. The van der Waals surface area contributed by atoms with Gasteiger partial charge in [-0.1, -0.05) is 11.6 Å². The van der Waals surface area contributed by atoms with Gasteiger partial charge >= 0.3 is 5.97 Å². The third-order valence-corrected chi connectivity index (χ3v) is 5.25. The maximum Gasteiger partial charge on any atom is 0.338 e. The van der Waals surface area contributed by atoms with Crippen LogP contribution in [0.4, 0.5) is 10.1 Å². The highest BCUT2D eigenvalue weighted by molar-refractivity contribution is 7.92. The zero-order chi connectivity index (χ0) is 20.2. The maximum absolute atomic E-state index is 14.3. The number of aliphatic hydroxyl groups excluding tert-OH is 1. The monoisotopic (exact) mass is 415 g/mol. The van der Waals surface area contributed by atoms with E-state index in [4.69, 9.17) is 16.3 Å². The van der Waals surface area contributed by atoms with Gasteiger partial charge in [0.2, 0.25) is 0 Å². The second-order valence-electron chi connectivity index (χ2n) is 5.83. The molecule has 27 heavy (non-hydrogen) atoms. The molecule has 0 aliphatic carbocycles. The first-order valence-corrected chi connectivity index (χ1v) is 9.96. The number of rotatable bonds is 7. The van der Waals surface area contributed by atoms with E-state index in [1.54, 1.807) is 6.92 Å². The third-order valence-electron chi connectivity index (χ3n) is 3.55. The summed E-state index contributed by atoms with van der Waals surface area (Å²) in [5.41, 5.74) is -0.0480. The summed E-state index contributed by atoms with van der Waals surface area (Å²) < 4.78 is 46.6. The molecule has 0 spiro atoms. The van der Waals surface area contributed by atoms with Crippen molar-refractivity contribution in [2.45, 2.75) is 31.3 Å². The highest BCUT2D eigenvalue weighted by atomic mass is 35.5. The summed E-state index contributed by atoms with van der Waals surface area (Å²) in [6, 6.07) is 7.41. The van der Waals surface area contributed by atoms with Crippen LogP contribution in [-0.4, -0.2) is 32.2 Å². The van der Waals surface area contributed by atoms with Crippen molar-refractivity contribution in [2.24, 2.45) is 0 Å². The summed E-state index contributed by atoms with van der Waals surface area (Å²) >= 11 is 5.91. The first-order chi connectivity index (χ1) is 12.6. The van der Waals surface area contributed by atoms with Crippen LogP contribution in [0.2, 0.25) is 5.02 Å². The van der Waals surface area contributed by atoms with Crippen molar-refractivity contribution in [2.75, 3.05) is 11.3 Å². The fourth-order valence-corrected chi connectivity index (χ4v) is 3.92. The van der Waals surface area contributed by atoms with Gasteiger partial charge in [-0.3, -0.25) is 4.72 Å². The van der Waals surface area contributed by atoms with E-state index in [0.29, 0.717) is 10.6 Å². The van der Waals surface area contributed by atoms with E-state index >= 15 is 0 Å². The lowest BCUT2D eigenvalue weighted by molar-refractivity contribution is 0.0526. The summed E-state index contributed by atoms with van der Waals surface area (Å²) in [5, 5.41) is 9.90. The minimum absolute atomic E-state index is 0.0291. The van der Waals surface area contributed by atoms with Crippen LogP contribution in [0.25, 0.3) is 0 Å². The van der Waals surface area contributed by atoms with Gasteiger partial charge in [-0.15, -0.1) is 0 Å². The van der Waals surface area contributed by atoms with Crippen molar-refractivity contribution in [1.29, 1.82) is 0 Å². The number of benzene rings is 2. The fraction of sp³-hybridized carbons (Fsp3) is 0.278. The minimum atomic E-state index is -4.15. The van der Waals surface area contributed by atoms with Gasteiger partial charge in [0, 0.05) is 5.02 Å².